The van der Waals surface area contributed by atoms with E-state index in [0.29, 0.717) is 17.4 Å². The summed E-state index contributed by atoms with van der Waals surface area (Å²) in [6.45, 7) is 4.11. The number of aryl methyl sites for hydroxylation is 2. The molecular weight excluding hydrogens is 236 g/mol. The van der Waals surface area contributed by atoms with E-state index in [1.807, 2.05) is 31.2 Å². The topological polar surface area (TPSA) is 40.5 Å². The Morgan fingerprint density at radius 3 is 2.32 bits per heavy atom. The fraction of sp³-hybridized carbons (Fsp3) is 0.294. The molecule has 0 amide bonds. The van der Waals surface area contributed by atoms with Gasteiger partial charge in [0, 0.05) is 0 Å². The molecule has 2 rings (SSSR count). The summed E-state index contributed by atoms with van der Waals surface area (Å²) in [6, 6.07) is 13.2. The third kappa shape index (κ3) is 3.50. The standard InChI is InChI=1S/C17H20O2/c1-12(15-6-8-16(18)9-7-15)3-4-14-5-10-17(19)13(2)11-14/h5-12,18-19H,3-4H2,1-2H3. The van der Waals surface area contributed by atoms with Gasteiger partial charge in [-0.1, -0.05) is 31.2 Å². The van der Waals surface area contributed by atoms with Gasteiger partial charge in [-0.05, 0) is 60.6 Å². The Morgan fingerprint density at radius 2 is 1.68 bits per heavy atom. The SMILES string of the molecule is Cc1cc(CCC(C)c2ccc(O)cc2)ccc1O. The minimum absolute atomic E-state index is 0.310. The Labute approximate surface area is 114 Å². The van der Waals surface area contributed by atoms with Crippen LogP contribution in [-0.2, 0) is 6.42 Å². The van der Waals surface area contributed by atoms with Crippen LogP contribution in [0.1, 0.15) is 36.0 Å². The van der Waals surface area contributed by atoms with Gasteiger partial charge in [-0.15, -0.1) is 0 Å². The van der Waals surface area contributed by atoms with Crippen LogP contribution in [0.15, 0.2) is 42.5 Å². The molecule has 1 unspecified atom stereocenters. The molecule has 0 aromatic heterocycles. The number of phenols is 2. The van der Waals surface area contributed by atoms with Crippen molar-refractivity contribution in [2.24, 2.45) is 0 Å². The number of rotatable bonds is 4. The molecule has 0 aliphatic carbocycles. The predicted molar refractivity (Wildman–Crippen MR) is 77.7 cm³/mol. The summed E-state index contributed by atoms with van der Waals surface area (Å²) < 4.78 is 0. The van der Waals surface area contributed by atoms with E-state index in [4.69, 9.17) is 0 Å². The Kier molecular flexibility index (Phi) is 4.10. The van der Waals surface area contributed by atoms with E-state index in [1.165, 1.54) is 11.1 Å². The predicted octanol–water partition coefficient (Wildman–Crippen LogP) is 4.14. The normalized spacial score (nSPS) is 12.3. The van der Waals surface area contributed by atoms with Crippen molar-refractivity contribution in [1.29, 1.82) is 0 Å². The summed E-state index contributed by atoms with van der Waals surface area (Å²) in [5.41, 5.74) is 3.42. The Bertz CT molecular complexity index is 544. The number of aromatic hydroxyl groups is 2. The molecule has 0 fully saturated rings. The number of hydrogen-bond acceptors (Lipinski definition) is 2. The van der Waals surface area contributed by atoms with Crippen molar-refractivity contribution in [2.45, 2.75) is 32.6 Å². The zero-order chi connectivity index (χ0) is 13.8. The zero-order valence-corrected chi connectivity index (χ0v) is 11.4. The molecule has 2 heteroatoms. The molecule has 2 aromatic rings. The van der Waals surface area contributed by atoms with Crippen molar-refractivity contribution in [3.63, 3.8) is 0 Å². The summed E-state index contributed by atoms with van der Waals surface area (Å²) in [5.74, 6) is 1.12. The maximum Gasteiger partial charge on any atom is 0.118 e. The van der Waals surface area contributed by atoms with Crippen LogP contribution in [0.2, 0.25) is 0 Å². The minimum Gasteiger partial charge on any atom is -0.508 e. The number of phenolic OH excluding ortho intramolecular Hbond substituents is 2. The molecule has 0 heterocycles. The quantitative estimate of drug-likeness (QED) is 0.863. The van der Waals surface area contributed by atoms with Crippen LogP contribution in [-0.4, -0.2) is 10.2 Å². The van der Waals surface area contributed by atoms with Gasteiger partial charge >= 0.3 is 0 Å². The summed E-state index contributed by atoms with van der Waals surface area (Å²) in [6.07, 6.45) is 2.04. The zero-order valence-electron chi connectivity index (χ0n) is 11.4. The average Bonchev–Trinajstić information content (AvgIpc) is 2.40. The lowest BCUT2D eigenvalue weighted by molar-refractivity contribution is 0.470. The van der Waals surface area contributed by atoms with E-state index in [1.54, 1.807) is 18.2 Å². The van der Waals surface area contributed by atoms with Crippen molar-refractivity contribution in [1.82, 2.24) is 0 Å². The van der Waals surface area contributed by atoms with Crippen LogP contribution in [0.5, 0.6) is 11.5 Å². The second-order valence-corrected chi connectivity index (χ2v) is 5.15. The third-order valence-corrected chi connectivity index (χ3v) is 3.59. The molecule has 2 aromatic carbocycles. The first-order valence-electron chi connectivity index (χ1n) is 6.63. The van der Waals surface area contributed by atoms with Crippen LogP contribution >= 0.6 is 0 Å². The maximum absolute atomic E-state index is 9.50. The first-order chi connectivity index (χ1) is 9.06. The van der Waals surface area contributed by atoms with E-state index >= 15 is 0 Å². The Hall–Kier alpha value is -1.96. The van der Waals surface area contributed by atoms with Crippen LogP contribution in [0.25, 0.3) is 0 Å². The second-order valence-electron chi connectivity index (χ2n) is 5.15. The first-order valence-corrected chi connectivity index (χ1v) is 6.63. The fourth-order valence-corrected chi connectivity index (χ4v) is 2.23. The van der Waals surface area contributed by atoms with Crippen molar-refractivity contribution < 1.29 is 10.2 Å². The molecule has 0 saturated heterocycles. The molecule has 0 spiro atoms. The number of benzene rings is 2. The number of hydrogen-bond donors (Lipinski definition) is 2. The molecule has 0 radical (unpaired) electrons. The molecule has 2 nitrogen and oxygen atoms in total. The van der Waals surface area contributed by atoms with Crippen LogP contribution in [0, 0.1) is 6.92 Å². The highest BCUT2D eigenvalue weighted by atomic mass is 16.3. The first kappa shape index (κ1) is 13.5. The molecule has 0 saturated carbocycles. The molecule has 0 bridgehead atoms. The molecule has 1 atom stereocenters. The molecule has 2 N–H and O–H groups in total. The van der Waals surface area contributed by atoms with Crippen molar-refractivity contribution in [3.8, 4) is 11.5 Å². The monoisotopic (exact) mass is 256 g/mol. The Morgan fingerprint density at radius 1 is 1.00 bits per heavy atom. The van der Waals surface area contributed by atoms with E-state index in [-0.39, 0.29) is 0 Å². The highest BCUT2D eigenvalue weighted by Crippen LogP contribution is 2.24. The fourth-order valence-electron chi connectivity index (χ4n) is 2.23. The van der Waals surface area contributed by atoms with Crippen molar-refractivity contribution in [3.05, 3.63) is 59.2 Å². The largest absolute Gasteiger partial charge is 0.508 e. The maximum atomic E-state index is 9.50. The van der Waals surface area contributed by atoms with Gasteiger partial charge in [-0.25, -0.2) is 0 Å². The summed E-state index contributed by atoms with van der Waals surface area (Å²) in [4.78, 5) is 0. The highest BCUT2D eigenvalue weighted by Gasteiger charge is 2.06. The van der Waals surface area contributed by atoms with Crippen molar-refractivity contribution >= 4 is 0 Å². The van der Waals surface area contributed by atoms with E-state index < -0.39 is 0 Å². The van der Waals surface area contributed by atoms with E-state index in [2.05, 4.69) is 6.92 Å². The molecule has 0 aliphatic rings. The summed E-state index contributed by atoms with van der Waals surface area (Å²) >= 11 is 0. The van der Waals surface area contributed by atoms with E-state index in [9.17, 15) is 10.2 Å². The molecular formula is C17H20O2. The van der Waals surface area contributed by atoms with Crippen molar-refractivity contribution in [2.75, 3.05) is 0 Å². The summed E-state index contributed by atoms with van der Waals surface area (Å²) in [7, 11) is 0. The van der Waals surface area contributed by atoms with Gasteiger partial charge < -0.3 is 10.2 Å². The van der Waals surface area contributed by atoms with Crippen LogP contribution < -0.4 is 0 Å². The Balaban J connectivity index is 1.98. The van der Waals surface area contributed by atoms with Gasteiger partial charge in [0.25, 0.3) is 0 Å². The van der Waals surface area contributed by atoms with Gasteiger partial charge in [0.15, 0.2) is 0 Å². The van der Waals surface area contributed by atoms with Crippen LogP contribution in [0.3, 0.4) is 0 Å². The lowest BCUT2D eigenvalue weighted by Gasteiger charge is -2.12. The highest BCUT2D eigenvalue weighted by molar-refractivity contribution is 5.35. The van der Waals surface area contributed by atoms with Crippen LogP contribution in [0.4, 0.5) is 0 Å². The second kappa shape index (κ2) is 5.79. The smallest absolute Gasteiger partial charge is 0.118 e. The molecule has 19 heavy (non-hydrogen) atoms. The van der Waals surface area contributed by atoms with Gasteiger partial charge in [0.2, 0.25) is 0 Å². The minimum atomic E-state index is 0.310. The van der Waals surface area contributed by atoms with Gasteiger partial charge in [-0.3, -0.25) is 0 Å². The summed E-state index contributed by atoms with van der Waals surface area (Å²) in [5, 5.41) is 18.8. The molecule has 100 valence electrons. The van der Waals surface area contributed by atoms with Gasteiger partial charge in [0.05, 0.1) is 0 Å². The lowest BCUT2D eigenvalue weighted by Crippen LogP contribution is -1.96. The lowest BCUT2D eigenvalue weighted by atomic mass is 9.93. The average molecular weight is 256 g/mol. The molecule has 0 aliphatic heterocycles. The van der Waals surface area contributed by atoms with E-state index in [0.717, 1.165) is 18.4 Å². The van der Waals surface area contributed by atoms with Gasteiger partial charge in [-0.2, -0.15) is 0 Å². The van der Waals surface area contributed by atoms with Gasteiger partial charge in [0.1, 0.15) is 11.5 Å². The third-order valence-electron chi connectivity index (χ3n) is 3.59.